The van der Waals surface area contributed by atoms with Crippen molar-refractivity contribution in [3.63, 3.8) is 0 Å². The standard InChI is InChI=1S/C10H9NO3/c1-13-9-8(11-10(12)14-9)7-5-3-2-4-6-7/h2-6,9H,1H3. The normalized spacial score (nSPS) is 20.5. The van der Waals surface area contributed by atoms with E-state index in [1.807, 2.05) is 30.3 Å². The maximum absolute atomic E-state index is 10.9. The molecule has 0 fully saturated rings. The first kappa shape index (κ1) is 8.90. The molecule has 1 aliphatic rings. The van der Waals surface area contributed by atoms with E-state index in [0.717, 1.165) is 5.56 Å². The Morgan fingerprint density at radius 1 is 1.36 bits per heavy atom. The summed E-state index contributed by atoms with van der Waals surface area (Å²) in [6, 6.07) is 9.34. The predicted octanol–water partition coefficient (Wildman–Crippen LogP) is 1.60. The van der Waals surface area contributed by atoms with Crippen molar-refractivity contribution in [3.05, 3.63) is 35.9 Å². The maximum atomic E-state index is 10.9. The lowest BCUT2D eigenvalue weighted by molar-refractivity contribution is -0.0200. The molecule has 0 bridgehead atoms. The zero-order chi connectivity index (χ0) is 9.97. The molecule has 0 aromatic heterocycles. The molecule has 1 aromatic rings. The average molecular weight is 191 g/mol. The minimum Gasteiger partial charge on any atom is -0.412 e. The van der Waals surface area contributed by atoms with Crippen molar-refractivity contribution in [1.29, 1.82) is 0 Å². The van der Waals surface area contributed by atoms with E-state index in [1.54, 1.807) is 0 Å². The predicted molar refractivity (Wildman–Crippen MR) is 50.3 cm³/mol. The van der Waals surface area contributed by atoms with E-state index in [4.69, 9.17) is 9.47 Å². The van der Waals surface area contributed by atoms with Gasteiger partial charge in [-0.05, 0) is 0 Å². The van der Waals surface area contributed by atoms with Crippen molar-refractivity contribution < 1.29 is 14.3 Å². The van der Waals surface area contributed by atoms with Crippen LogP contribution in [0.2, 0.25) is 0 Å². The summed E-state index contributed by atoms with van der Waals surface area (Å²) in [5, 5.41) is 0. The van der Waals surface area contributed by atoms with E-state index in [-0.39, 0.29) is 0 Å². The lowest BCUT2D eigenvalue weighted by atomic mass is 10.1. The van der Waals surface area contributed by atoms with Crippen molar-refractivity contribution in [2.24, 2.45) is 4.99 Å². The van der Waals surface area contributed by atoms with Crippen LogP contribution in [0, 0.1) is 0 Å². The first-order valence-corrected chi connectivity index (χ1v) is 4.18. The Kier molecular flexibility index (Phi) is 2.28. The van der Waals surface area contributed by atoms with Gasteiger partial charge in [0.25, 0.3) is 0 Å². The largest absolute Gasteiger partial charge is 0.436 e. The van der Waals surface area contributed by atoms with E-state index in [9.17, 15) is 4.79 Å². The molecule has 1 amide bonds. The Bertz CT molecular complexity index is 372. The van der Waals surface area contributed by atoms with E-state index in [0.29, 0.717) is 5.71 Å². The highest BCUT2D eigenvalue weighted by Crippen LogP contribution is 2.15. The fraction of sp³-hybridized carbons (Fsp3) is 0.200. The summed E-state index contributed by atoms with van der Waals surface area (Å²) in [7, 11) is 1.47. The van der Waals surface area contributed by atoms with E-state index in [2.05, 4.69) is 4.99 Å². The first-order valence-electron chi connectivity index (χ1n) is 4.18. The van der Waals surface area contributed by atoms with Crippen LogP contribution >= 0.6 is 0 Å². The molecule has 1 heterocycles. The number of amides is 1. The molecule has 0 radical (unpaired) electrons. The van der Waals surface area contributed by atoms with Crippen molar-refractivity contribution in [2.45, 2.75) is 6.29 Å². The van der Waals surface area contributed by atoms with Gasteiger partial charge in [0.1, 0.15) is 5.71 Å². The van der Waals surface area contributed by atoms with Gasteiger partial charge in [-0.3, -0.25) is 0 Å². The summed E-state index contributed by atoms with van der Waals surface area (Å²) in [6.45, 7) is 0. The summed E-state index contributed by atoms with van der Waals surface area (Å²) in [5.41, 5.74) is 1.36. The van der Waals surface area contributed by atoms with Crippen molar-refractivity contribution in [2.75, 3.05) is 7.11 Å². The molecule has 0 aliphatic carbocycles. The van der Waals surface area contributed by atoms with Gasteiger partial charge < -0.3 is 9.47 Å². The number of ether oxygens (including phenoxy) is 2. The number of cyclic esters (lactones) is 1. The smallest absolute Gasteiger partial charge is 0.412 e. The quantitative estimate of drug-likeness (QED) is 0.713. The second kappa shape index (κ2) is 3.59. The number of benzene rings is 1. The van der Waals surface area contributed by atoms with Crippen LogP contribution in [-0.2, 0) is 9.47 Å². The topological polar surface area (TPSA) is 47.9 Å². The molecule has 4 nitrogen and oxygen atoms in total. The number of rotatable bonds is 2. The molecule has 4 heteroatoms. The summed E-state index contributed by atoms with van der Waals surface area (Å²) < 4.78 is 9.79. The maximum Gasteiger partial charge on any atom is 0.436 e. The van der Waals surface area contributed by atoms with E-state index < -0.39 is 12.4 Å². The SMILES string of the molecule is COC1OC(=O)N=C1c1ccccc1. The number of hydrogen-bond donors (Lipinski definition) is 0. The number of nitrogens with zero attached hydrogens (tertiary/aromatic N) is 1. The Morgan fingerprint density at radius 3 is 2.71 bits per heavy atom. The van der Waals surface area contributed by atoms with Crippen LogP contribution in [0.25, 0.3) is 0 Å². The second-order valence-electron chi connectivity index (χ2n) is 2.81. The summed E-state index contributed by atoms with van der Waals surface area (Å²) in [6.07, 6.45) is -1.28. The first-order chi connectivity index (χ1) is 6.81. The van der Waals surface area contributed by atoms with Gasteiger partial charge >= 0.3 is 6.09 Å². The molecular formula is C10H9NO3. The molecule has 0 saturated carbocycles. The van der Waals surface area contributed by atoms with Crippen LogP contribution in [-0.4, -0.2) is 25.2 Å². The summed E-state index contributed by atoms with van der Waals surface area (Å²) in [4.78, 5) is 14.6. The molecule has 1 aromatic carbocycles. The third-order valence-corrected chi connectivity index (χ3v) is 1.93. The summed E-state index contributed by atoms with van der Waals surface area (Å²) in [5.74, 6) is 0. The molecule has 14 heavy (non-hydrogen) atoms. The van der Waals surface area contributed by atoms with Gasteiger partial charge in [0.05, 0.1) is 0 Å². The monoisotopic (exact) mass is 191 g/mol. The Morgan fingerprint density at radius 2 is 2.07 bits per heavy atom. The van der Waals surface area contributed by atoms with Gasteiger partial charge in [0.2, 0.25) is 6.29 Å². The van der Waals surface area contributed by atoms with Crippen molar-refractivity contribution >= 4 is 11.8 Å². The van der Waals surface area contributed by atoms with Crippen LogP contribution in [0.5, 0.6) is 0 Å². The lowest BCUT2D eigenvalue weighted by Gasteiger charge is -2.09. The number of aliphatic imine (C=N–C) groups is 1. The minimum absolute atomic E-state index is 0.526. The third kappa shape index (κ3) is 1.52. The van der Waals surface area contributed by atoms with Crippen LogP contribution in [0.4, 0.5) is 4.79 Å². The van der Waals surface area contributed by atoms with Gasteiger partial charge in [-0.25, -0.2) is 4.79 Å². The van der Waals surface area contributed by atoms with Crippen LogP contribution in [0.15, 0.2) is 35.3 Å². The average Bonchev–Trinajstić information content (AvgIpc) is 2.61. The fourth-order valence-corrected chi connectivity index (χ4v) is 1.29. The second-order valence-corrected chi connectivity index (χ2v) is 2.81. The van der Waals surface area contributed by atoms with Gasteiger partial charge in [0.15, 0.2) is 0 Å². The Labute approximate surface area is 81.2 Å². The van der Waals surface area contributed by atoms with Gasteiger partial charge in [-0.2, -0.15) is 4.99 Å². The highest BCUT2D eigenvalue weighted by molar-refractivity contribution is 6.10. The highest BCUT2D eigenvalue weighted by atomic mass is 16.7. The van der Waals surface area contributed by atoms with E-state index >= 15 is 0 Å². The van der Waals surface area contributed by atoms with Gasteiger partial charge in [-0.1, -0.05) is 30.3 Å². The zero-order valence-corrected chi connectivity index (χ0v) is 7.64. The van der Waals surface area contributed by atoms with Crippen molar-refractivity contribution in [1.82, 2.24) is 0 Å². The minimum atomic E-state index is -0.676. The van der Waals surface area contributed by atoms with Gasteiger partial charge in [-0.15, -0.1) is 0 Å². The molecular weight excluding hydrogens is 182 g/mol. The fourth-order valence-electron chi connectivity index (χ4n) is 1.29. The number of carbonyl (C=O) groups excluding carboxylic acids is 1. The lowest BCUT2D eigenvalue weighted by Crippen LogP contribution is -2.21. The van der Waals surface area contributed by atoms with Gasteiger partial charge in [0, 0.05) is 12.7 Å². The van der Waals surface area contributed by atoms with E-state index in [1.165, 1.54) is 7.11 Å². The molecule has 1 atom stereocenters. The molecule has 1 aliphatic heterocycles. The molecule has 2 rings (SSSR count). The molecule has 72 valence electrons. The molecule has 0 saturated heterocycles. The zero-order valence-electron chi connectivity index (χ0n) is 7.64. The molecule has 1 unspecified atom stereocenters. The number of methoxy groups -OCH3 is 1. The highest BCUT2D eigenvalue weighted by Gasteiger charge is 2.28. The summed E-state index contributed by atoms with van der Waals surface area (Å²) >= 11 is 0. The third-order valence-electron chi connectivity index (χ3n) is 1.93. The number of hydrogen-bond acceptors (Lipinski definition) is 3. The Hall–Kier alpha value is -1.68. The van der Waals surface area contributed by atoms with Crippen LogP contribution in [0.3, 0.4) is 0 Å². The van der Waals surface area contributed by atoms with Crippen molar-refractivity contribution in [3.8, 4) is 0 Å². The molecule has 0 spiro atoms. The Balaban J connectivity index is 2.34. The molecule has 0 N–H and O–H groups in total. The van der Waals surface area contributed by atoms with Crippen LogP contribution < -0.4 is 0 Å². The van der Waals surface area contributed by atoms with Crippen LogP contribution in [0.1, 0.15) is 5.56 Å². The number of carbonyl (C=O) groups is 1.